The average Bonchev–Trinajstić information content (AvgIpc) is 2.03. The van der Waals surface area contributed by atoms with Gasteiger partial charge in [-0.15, -0.1) is 0 Å². The quantitative estimate of drug-likeness (QED) is 0.379. The van der Waals surface area contributed by atoms with Gasteiger partial charge in [0.2, 0.25) is 0 Å². The van der Waals surface area contributed by atoms with Crippen molar-refractivity contribution in [1.82, 2.24) is 0 Å². The highest BCUT2D eigenvalue weighted by Crippen LogP contribution is 2.06. The molecule has 13 heavy (non-hydrogen) atoms. The highest BCUT2D eigenvalue weighted by molar-refractivity contribution is 5.91. The molecule has 0 spiro atoms. The van der Waals surface area contributed by atoms with Gasteiger partial charge in [0.25, 0.3) is 0 Å². The highest BCUT2D eigenvalue weighted by atomic mass is 16.5. The predicted octanol–water partition coefficient (Wildman–Crippen LogP) is 2.71. The van der Waals surface area contributed by atoms with Gasteiger partial charge in [-0.25, -0.2) is 4.79 Å². The smallest absolute Gasteiger partial charge is 0.337 e. The molecule has 0 atom stereocenters. The van der Waals surface area contributed by atoms with Crippen LogP contribution in [0.4, 0.5) is 0 Å². The highest BCUT2D eigenvalue weighted by Gasteiger charge is 2.06. The number of allylic oxidation sites excluding steroid dienone is 2. The predicted molar refractivity (Wildman–Crippen MR) is 54.4 cm³/mol. The standard InChI is InChI=1S/C11H18O2/c1-5-7-10(8-9(3)4)11(12)13-6-2/h5,7-9H,6H2,1-4H3/b7-5+,10-8-. The summed E-state index contributed by atoms with van der Waals surface area (Å²) in [6.07, 6.45) is 5.52. The lowest BCUT2D eigenvalue weighted by Crippen LogP contribution is -2.06. The summed E-state index contributed by atoms with van der Waals surface area (Å²) in [5.74, 6) is 0.116. The van der Waals surface area contributed by atoms with Crippen LogP contribution in [0, 0.1) is 5.92 Å². The largest absolute Gasteiger partial charge is 0.462 e. The zero-order valence-corrected chi connectivity index (χ0v) is 8.83. The molecular formula is C11H18O2. The lowest BCUT2D eigenvalue weighted by Gasteiger charge is -2.03. The second kappa shape index (κ2) is 6.46. The Morgan fingerprint density at radius 1 is 1.46 bits per heavy atom. The first kappa shape index (κ1) is 11.9. The molecule has 0 aliphatic heterocycles. The van der Waals surface area contributed by atoms with Crippen molar-refractivity contribution in [2.75, 3.05) is 6.61 Å². The van der Waals surface area contributed by atoms with E-state index in [0.717, 1.165) is 0 Å². The third-order valence-electron chi connectivity index (χ3n) is 1.37. The lowest BCUT2D eigenvalue weighted by molar-refractivity contribution is -0.138. The minimum Gasteiger partial charge on any atom is -0.462 e. The maximum absolute atomic E-state index is 11.3. The molecule has 0 aliphatic rings. The molecular weight excluding hydrogens is 164 g/mol. The van der Waals surface area contributed by atoms with Crippen LogP contribution in [-0.4, -0.2) is 12.6 Å². The number of carbonyl (C=O) groups is 1. The van der Waals surface area contributed by atoms with Crippen LogP contribution in [0.1, 0.15) is 27.7 Å². The van der Waals surface area contributed by atoms with Crippen molar-refractivity contribution in [2.24, 2.45) is 5.92 Å². The number of hydrogen-bond acceptors (Lipinski definition) is 2. The minimum atomic E-state index is -0.241. The van der Waals surface area contributed by atoms with E-state index in [1.54, 1.807) is 13.0 Å². The van der Waals surface area contributed by atoms with Gasteiger partial charge in [-0.05, 0) is 19.8 Å². The van der Waals surface area contributed by atoms with E-state index >= 15 is 0 Å². The summed E-state index contributed by atoms with van der Waals surface area (Å²) in [5.41, 5.74) is 0.638. The normalized spacial score (nSPS) is 12.5. The molecule has 0 heterocycles. The average molecular weight is 182 g/mol. The summed E-state index contributed by atoms with van der Waals surface area (Å²) >= 11 is 0. The Hall–Kier alpha value is -1.05. The Balaban J connectivity index is 4.50. The topological polar surface area (TPSA) is 26.3 Å². The molecule has 0 bridgehead atoms. The van der Waals surface area contributed by atoms with Crippen LogP contribution in [0.2, 0.25) is 0 Å². The molecule has 0 fully saturated rings. The van der Waals surface area contributed by atoms with Crippen molar-refractivity contribution in [2.45, 2.75) is 27.7 Å². The van der Waals surface area contributed by atoms with E-state index in [2.05, 4.69) is 0 Å². The summed E-state index contributed by atoms with van der Waals surface area (Å²) in [6.45, 7) is 8.17. The van der Waals surface area contributed by atoms with Crippen molar-refractivity contribution in [1.29, 1.82) is 0 Å². The molecule has 0 unspecified atom stereocenters. The van der Waals surface area contributed by atoms with Gasteiger partial charge in [0.05, 0.1) is 12.2 Å². The molecule has 0 aliphatic carbocycles. The number of carbonyl (C=O) groups excluding carboxylic acids is 1. The minimum absolute atomic E-state index is 0.241. The van der Waals surface area contributed by atoms with Crippen molar-refractivity contribution < 1.29 is 9.53 Å². The fourth-order valence-electron chi connectivity index (χ4n) is 0.945. The number of esters is 1. The van der Waals surface area contributed by atoms with E-state index in [1.165, 1.54) is 0 Å². The summed E-state index contributed by atoms with van der Waals surface area (Å²) in [7, 11) is 0. The summed E-state index contributed by atoms with van der Waals surface area (Å²) < 4.78 is 4.90. The second-order valence-electron chi connectivity index (χ2n) is 3.09. The molecule has 0 rings (SSSR count). The van der Waals surface area contributed by atoms with Crippen LogP contribution in [-0.2, 0) is 9.53 Å². The van der Waals surface area contributed by atoms with Crippen LogP contribution in [0.3, 0.4) is 0 Å². The molecule has 0 N–H and O–H groups in total. The molecule has 0 aromatic carbocycles. The fraction of sp³-hybridized carbons (Fsp3) is 0.545. The van der Waals surface area contributed by atoms with E-state index in [9.17, 15) is 4.79 Å². The van der Waals surface area contributed by atoms with Gasteiger partial charge in [-0.3, -0.25) is 0 Å². The SMILES string of the molecule is C/C=C/C(=C/C(C)C)C(=O)OCC. The third-order valence-corrected chi connectivity index (χ3v) is 1.37. The van der Waals surface area contributed by atoms with Gasteiger partial charge in [0, 0.05) is 0 Å². The third kappa shape index (κ3) is 5.23. The van der Waals surface area contributed by atoms with Gasteiger partial charge in [0.15, 0.2) is 0 Å². The van der Waals surface area contributed by atoms with E-state index in [1.807, 2.05) is 32.9 Å². The van der Waals surface area contributed by atoms with E-state index in [4.69, 9.17) is 4.74 Å². The molecule has 0 aromatic rings. The Kier molecular flexibility index (Phi) is 5.94. The molecule has 2 heteroatoms. The van der Waals surface area contributed by atoms with Crippen LogP contribution in [0.5, 0.6) is 0 Å². The second-order valence-corrected chi connectivity index (χ2v) is 3.09. The Bertz CT molecular complexity index is 212. The Morgan fingerprint density at radius 3 is 2.46 bits per heavy atom. The zero-order chi connectivity index (χ0) is 10.3. The number of hydrogen-bond donors (Lipinski definition) is 0. The van der Waals surface area contributed by atoms with E-state index in [-0.39, 0.29) is 5.97 Å². The van der Waals surface area contributed by atoms with Crippen molar-refractivity contribution in [3.8, 4) is 0 Å². The van der Waals surface area contributed by atoms with Gasteiger partial charge < -0.3 is 4.74 Å². The van der Waals surface area contributed by atoms with Gasteiger partial charge in [0.1, 0.15) is 0 Å². The van der Waals surface area contributed by atoms with Crippen molar-refractivity contribution >= 4 is 5.97 Å². The first-order valence-electron chi connectivity index (χ1n) is 4.63. The first-order valence-corrected chi connectivity index (χ1v) is 4.63. The lowest BCUT2D eigenvalue weighted by atomic mass is 10.1. The molecule has 0 saturated carbocycles. The van der Waals surface area contributed by atoms with E-state index < -0.39 is 0 Å². The van der Waals surface area contributed by atoms with Crippen LogP contribution in [0.15, 0.2) is 23.8 Å². The molecule has 2 nitrogen and oxygen atoms in total. The number of rotatable bonds is 4. The van der Waals surface area contributed by atoms with Crippen LogP contribution >= 0.6 is 0 Å². The summed E-state index contributed by atoms with van der Waals surface area (Å²) in [4.78, 5) is 11.3. The van der Waals surface area contributed by atoms with Crippen molar-refractivity contribution in [3.05, 3.63) is 23.8 Å². The molecule has 0 amide bonds. The maximum Gasteiger partial charge on any atom is 0.337 e. The molecule has 74 valence electrons. The van der Waals surface area contributed by atoms with E-state index in [0.29, 0.717) is 18.1 Å². The molecule has 0 aromatic heterocycles. The Labute approximate surface area is 80.3 Å². The first-order chi connectivity index (χ1) is 6.11. The summed E-state index contributed by atoms with van der Waals surface area (Å²) in [6, 6.07) is 0. The van der Waals surface area contributed by atoms with Crippen LogP contribution < -0.4 is 0 Å². The van der Waals surface area contributed by atoms with Crippen molar-refractivity contribution in [3.63, 3.8) is 0 Å². The van der Waals surface area contributed by atoms with Crippen LogP contribution in [0.25, 0.3) is 0 Å². The molecule has 0 saturated heterocycles. The zero-order valence-electron chi connectivity index (χ0n) is 8.83. The number of ether oxygens (including phenoxy) is 1. The monoisotopic (exact) mass is 182 g/mol. The Morgan fingerprint density at radius 2 is 2.08 bits per heavy atom. The fourth-order valence-corrected chi connectivity index (χ4v) is 0.945. The van der Waals surface area contributed by atoms with Gasteiger partial charge in [-0.2, -0.15) is 0 Å². The maximum atomic E-state index is 11.3. The molecule has 0 radical (unpaired) electrons. The summed E-state index contributed by atoms with van der Waals surface area (Å²) in [5, 5.41) is 0. The van der Waals surface area contributed by atoms with Gasteiger partial charge >= 0.3 is 5.97 Å². The van der Waals surface area contributed by atoms with Gasteiger partial charge in [-0.1, -0.05) is 32.1 Å².